The van der Waals surface area contributed by atoms with Crippen LogP contribution >= 0.6 is 0 Å². The molecule has 0 saturated heterocycles. The summed E-state index contributed by atoms with van der Waals surface area (Å²) in [7, 11) is 0. The first-order valence-electron chi connectivity index (χ1n) is 5.01. The Kier molecular flexibility index (Phi) is 2.13. The lowest BCUT2D eigenvalue weighted by Crippen LogP contribution is -2.23. The first-order valence-corrected chi connectivity index (χ1v) is 5.01. The second-order valence-corrected chi connectivity index (χ2v) is 3.89. The van der Waals surface area contributed by atoms with Gasteiger partial charge in [-0.3, -0.25) is 0 Å². The SMILES string of the molecule is C=C(C(=O)Oc1c2c3oc1cc3C(O)O2)C(F)(F)F. The van der Waals surface area contributed by atoms with Crippen LogP contribution < -0.4 is 9.47 Å². The number of carbonyl (C=O) groups is 1. The summed E-state index contributed by atoms with van der Waals surface area (Å²) in [6, 6.07) is 1.33. The fourth-order valence-corrected chi connectivity index (χ4v) is 1.74. The van der Waals surface area contributed by atoms with Crippen LogP contribution in [0.25, 0.3) is 11.2 Å². The van der Waals surface area contributed by atoms with Crippen LogP contribution in [0.4, 0.5) is 13.2 Å². The van der Waals surface area contributed by atoms with E-state index in [2.05, 4.69) is 11.3 Å². The number of aliphatic hydroxyl groups is 1. The van der Waals surface area contributed by atoms with Gasteiger partial charge < -0.3 is 19.0 Å². The number of rotatable bonds is 2. The van der Waals surface area contributed by atoms with E-state index in [-0.39, 0.29) is 22.7 Å². The van der Waals surface area contributed by atoms with Gasteiger partial charge in [0.1, 0.15) is 5.57 Å². The summed E-state index contributed by atoms with van der Waals surface area (Å²) in [5, 5.41) is 9.41. The number of hydrogen-bond acceptors (Lipinski definition) is 5. The maximum Gasteiger partial charge on any atom is 0.422 e. The maximum atomic E-state index is 12.3. The number of carbonyl (C=O) groups excluding carboxylic acids is 1. The van der Waals surface area contributed by atoms with Crippen molar-refractivity contribution in [2.24, 2.45) is 0 Å². The summed E-state index contributed by atoms with van der Waals surface area (Å²) < 4.78 is 51.4. The largest absolute Gasteiger partial charge is 0.453 e. The molecule has 100 valence electrons. The number of ether oxygens (including phenoxy) is 2. The van der Waals surface area contributed by atoms with E-state index in [9.17, 15) is 23.1 Å². The third-order valence-corrected chi connectivity index (χ3v) is 2.68. The molecule has 1 unspecified atom stereocenters. The predicted octanol–water partition coefficient (Wildman–Crippen LogP) is 2.28. The van der Waals surface area contributed by atoms with Gasteiger partial charge in [-0.05, 0) is 6.07 Å². The standard InChI is InChI=1S/C11H5F3O5/c1-3(11(12,13)14)9(15)18-7-5-2-4-6(17-5)8(7)19-10(4)16/h2,10,16H,1H2. The van der Waals surface area contributed by atoms with Gasteiger partial charge in [-0.15, -0.1) is 0 Å². The molecule has 3 rings (SSSR count). The number of esters is 1. The van der Waals surface area contributed by atoms with Crippen LogP contribution in [0.15, 0.2) is 22.6 Å². The van der Waals surface area contributed by atoms with Crippen LogP contribution in [0.1, 0.15) is 11.9 Å². The number of alkyl halides is 3. The molecule has 0 amide bonds. The molecule has 0 radical (unpaired) electrons. The molecule has 0 saturated carbocycles. The number of hydrogen-bond donors (Lipinski definition) is 1. The fourth-order valence-electron chi connectivity index (χ4n) is 1.74. The molecule has 1 aliphatic rings. The Morgan fingerprint density at radius 3 is 2.79 bits per heavy atom. The van der Waals surface area contributed by atoms with Gasteiger partial charge in [0.25, 0.3) is 0 Å². The van der Waals surface area contributed by atoms with Gasteiger partial charge in [0, 0.05) is 0 Å². The molecule has 19 heavy (non-hydrogen) atoms. The summed E-state index contributed by atoms with van der Waals surface area (Å²) in [6.07, 6.45) is -6.15. The Morgan fingerprint density at radius 1 is 1.47 bits per heavy atom. The first-order chi connectivity index (χ1) is 8.79. The minimum Gasteiger partial charge on any atom is -0.453 e. The van der Waals surface area contributed by atoms with Gasteiger partial charge in [0.05, 0.1) is 5.56 Å². The Balaban J connectivity index is 1.89. The highest BCUT2D eigenvalue weighted by Crippen LogP contribution is 2.52. The van der Waals surface area contributed by atoms with Gasteiger partial charge in [0.2, 0.25) is 17.8 Å². The van der Waals surface area contributed by atoms with Crippen molar-refractivity contribution in [3.05, 3.63) is 23.8 Å². The summed E-state index contributed by atoms with van der Waals surface area (Å²) in [6.45, 7) is 2.62. The Bertz CT molecular complexity index is 684. The number of furan rings is 2. The third kappa shape index (κ3) is 1.56. The summed E-state index contributed by atoms with van der Waals surface area (Å²) in [5.41, 5.74) is -1.11. The second-order valence-electron chi connectivity index (χ2n) is 3.89. The van der Waals surface area contributed by atoms with Crippen LogP contribution in [-0.2, 0) is 4.79 Å². The average Bonchev–Trinajstić information content (AvgIpc) is 2.91. The van der Waals surface area contributed by atoms with Gasteiger partial charge in [0.15, 0.2) is 11.2 Å². The van der Waals surface area contributed by atoms with Gasteiger partial charge in [-0.2, -0.15) is 13.2 Å². The number of benzene rings is 1. The monoisotopic (exact) mass is 274 g/mol. The zero-order chi connectivity index (χ0) is 13.9. The molecule has 5 nitrogen and oxygen atoms in total. The van der Waals surface area contributed by atoms with Crippen LogP contribution in [0, 0.1) is 0 Å². The lowest BCUT2D eigenvalue weighted by atomic mass is 10.2. The lowest BCUT2D eigenvalue weighted by Gasteiger charge is -2.09. The van der Waals surface area contributed by atoms with Crippen molar-refractivity contribution >= 4 is 17.1 Å². The predicted molar refractivity (Wildman–Crippen MR) is 53.8 cm³/mol. The van der Waals surface area contributed by atoms with Crippen LogP contribution in [0.5, 0.6) is 11.5 Å². The summed E-state index contributed by atoms with van der Waals surface area (Å²) >= 11 is 0. The average molecular weight is 274 g/mol. The Labute approximate surface area is 103 Å². The summed E-state index contributed by atoms with van der Waals surface area (Å²) in [5.74, 6) is -2.02. The van der Waals surface area contributed by atoms with E-state index in [0.717, 1.165) is 0 Å². The van der Waals surface area contributed by atoms with Crippen molar-refractivity contribution in [2.75, 3.05) is 0 Å². The van der Waals surface area contributed by atoms with Crippen molar-refractivity contribution in [1.29, 1.82) is 0 Å². The maximum absolute atomic E-state index is 12.3. The van der Waals surface area contributed by atoms with E-state index in [1.54, 1.807) is 0 Å². The zero-order valence-corrected chi connectivity index (χ0v) is 9.08. The highest BCUT2D eigenvalue weighted by atomic mass is 19.4. The molecule has 2 bridgehead atoms. The molecule has 1 N–H and O–H groups in total. The molecule has 8 heteroatoms. The molecular weight excluding hydrogens is 269 g/mol. The minimum atomic E-state index is -4.88. The highest BCUT2D eigenvalue weighted by molar-refractivity contribution is 5.95. The van der Waals surface area contributed by atoms with E-state index < -0.39 is 24.0 Å². The first kappa shape index (κ1) is 11.8. The van der Waals surface area contributed by atoms with Gasteiger partial charge in [-0.25, -0.2) is 4.79 Å². The van der Waals surface area contributed by atoms with Gasteiger partial charge >= 0.3 is 12.1 Å². The van der Waals surface area contributed by atoms with E-state index in [1.165, 1.54) is 6.07 Å². The molecule has 0 aliphatic carbocycles. The normalized spacial score (nSPS) is 17.8. The van der Waals surface area contributed by atoms with Crippen LogP contribution in [0.3, 0.4) is 0 Å². The zero-order valence-electron chi connectivity index (χ0n) is 9.08. The van der Waals surface area contributed by atoms with E-state index in [4.69, 9.17) is 9.15 Å². The molecule has 0 aromatic carbocycles. The van der Waals surface area contributed by atoms with E-state index in [1.807, 2.05) is 0 Å². The molecule has 3 heterocycles. The van der Waals surface area contributed by atoms with Crippen molar-refractivity contribution in [1.82, 2.24) is 0 Å². The summed E-state index contributed by atoms with van der Waals surface area (Å²) in [4.78, 5) is 11.3. The molecule has 2 aromatic heterocycles. The molecule has 1 atom stereocenters. The quantitative estimate of drug-likeness (QED) is 0.517. The third-order valence-electron chi connectivity index (χ3n) is 2.68. The van der Waals surface area contributed by atoms with Crippen molar-refractivity contribution in [2.45, 2.75) is 12.5 Å². The number of halogens is 3. The van der Waals surface area contributed by atoms with Crippen molar-refractivity contribution in [3.8, 4) is 11.5 Å². The lowest BCUT2D eigenvalue weighted by molar-refractivity contribution is -0.142. The second kappa shape index (κ2) is 3.41. The molecule has 2 aromatic rings. The van der Waals surface area contributed by atoms with E-state index >= 15 is 0 Å². The van der Waals surface area contributed by atoms with Crippen LogP contribution in [0.2, 0.25) is 0 Å². The topological polar surface area (TPSA) is 68.9 Å². The van der Waals surface area contributed by atoms with E-state index in [0.29, 0.717) is 5.56 Å². The number of fused-ring (bicyclic) bond motifs is 1. The molecule has 0 spiro atoms. The molecular formula is C11H5F3O5. The number of aliphatic hydroxyl groups excluding tert-OH is 1. The Hall–Kier alpha value is -2.22. The smallest absolute Gasteiger partial charge is 0.422 e. The van der Waals surface area contributed by atoms with Gasteiger partial charge in [-0.1, -0.05) is 6.58 Å². The van der Waals surface area contributed by atoms with Crippen molar-refractivity contribution in [3.63, 3.8) is 0 Å². The minimum absolute atomic E-state index is 0.0277. The van der Waals surface area contributed by atoms with Crippen molar-refractivity contribution < 1.29 is 37.0 Å². The molecule has 1 aliphatic heterocycles. The fraction of sp³-hybridized carbons (Fsp3) is 0.182. The molecule has 0 fully saturated rings. The highest BCUT2D eigenvalue weighted by Gasteiger charge is 2.41. The van der Waals surface area contributed by atoms with Crippen LogP contribution in [-0.4, -0.2) is 17.3 Å². The Morgan fingerprint density at radius 2 is 2.16 bits per heavy atom.